The zero-order chi connectivity index (χ0) is 18.7. The van der Waals surface area contributed by atoms with Crippen LogP contribution in [0.2, 0.25) is 15.1 Å². The van der Waals surface area contributed by atoms with Crippen LogP contribution in [0.4, 0.5) is 0 Å². The molecule has 0 aliphatic rings. The van der Waals surface area contributed by atoms with Gasteiger partial charge in [0.2, 0.25) is 0 Å². The van der Waals surface area contributed by atoms with Crippen LogP contribution in [-0.2, 0) is 11.3 Å². The number of benzene rings is 2. The van der Waals surface area contributed by atoms with E-state index in [1.165, 1.54) is 11.3 Å². The summed E-state index contributed by atoms with van der Waals surface area (Å²) in [4.78, 5) is 17.4. The molecular weight excluding hydrogens is 415 g/mol. The molecule has 1 heterocycles. The van der Waals surface area contributed by atoms with E-state index < -0.39 is 0 Å². The molecule has 0 radical (unpaired) electrons. The number of hydrogen-bond acceptors (Lipinski definition) is 3. The zero-order valence-electron chi connectivity index (χ0n) is 13.8. The Hall–Kier alpha value is -1.37. The monoisotopic (exact) mass is 428 g/mol. The van der Waals surface area contributed by atoms with E-state index in [1.54, 1.807) is 30.3 Å². The summed E-state index contributed by atoms with van der Waals surface area (Å²) in [6.45, 7) is 3.52. The van der Waals surface area contributed by atoms with E-state index in [0.717, 1.165) is 10.2 Å². The number of ether oxygens (including phenoxy) is 1. The van der Waals surface area contributed by atoms with Crippen molar-refractivity contribution in [2.45, 2.75) is 13.5 Å². The molecule has 0 N–H and O–H groups in total. The summed E-state index contributed by atoms with van der Waals surface area (Å²) < 4.78 is 8.22. The fourth-order valence-electron chi connectivity index (χ4n) is 2.44. The SMILES string of the molecule is CCOCCn1c(=NC(=O)c2ccc(Cl)cc2)sc2ccc(Cl)c(Cl)c21. The average Bonchev–Trinajstić information content (AvgIpc) is 2.97. The first-order valence-corrected chi connectivity index (χ1v) is 9.86. The lowest BCUT2D eigenvalue weighted by atomic mass is 10.2. The summed E-state index contributed by atoms with van der Waals surface area (Å²) in [6.07, 6.45) is 0. The van der Waals surface area contributed by atoms with Gasteiger partial charge in [-0.3, -0.25) is 4.79 Å². The van der Waals surface area contributed by atoms with Crippen LogP contribution in [0.25, 0.3) is 10.2 Å². The normalized spacial score (nSPS) is 12.1. The predicted octanol–water partition coefficient (Wildman–Crippen LogP) is 5.44. The molecule has 0 unspecified atom stereocenters. The van der Waals surface area contributed by atoms with Gasteiger partial charge in [-0.25, -0.2) is 0 Å². The third-order valence-corrected chi connectivity index (χ3v) is 5.78. The van der Waals surface area contributed by atoms with Gasteiger partial charge in [0, 0.05) is 23.7 Å². The van der Waals surface area contributed by atoms with Gasteiger partial charge in [-0.15, -0.1) is 0 Å². The van der Waals surface area contributed by atoms with Crippen LogP contribution in [-0.4, -0.2) is 23.7 Å². The first kappa shape index (κ1) is 19.4. The van der Waals surface area contributed by atoms with Crippen LogP contribution in [0.5, 0.6) is 0 Å². The number of rotatable bonds is 5. The fraction of sp³-hybridized carbons (Fsp3) is 0.222. The van der Waals surface area contributed by atoms with Gasteiger partial charge in [0.05, 0.1) is 26.9 Å². The second-order valence-electron chi connectivity index (χ2n) is 5.37. The number of thiazole rings is 1. The standard InChI is InChI=1S/C18H15Cl3N2O2S/c1-2-25-10-9-23-16-14(8-7-13(20)15(16)21)26-18(23)22-17(24)11-3-5-12(19)6-4-11/h3-8H,2,9-10H2,1H3. The molecule has 0 saturated carbocycles. The van der Waals surface area contributed by atoms with Crippen molar-refractivity contribution in [1.82, 2.24) is 4.57 Å². The summed E-state index contributed by atoms with van der Waals surface area (Å²) >= 11 is 19.8. The lowest BCUT2D eigenvalue weighted by molar-refractivity contribution is 0.0996. The predicted molar refractivity (Wildman–Crippen MR) is 108 cm³/mol. The van der Waals surface area contributed by atoms with Crippen LogP contribution >= 0.6 is 46.1 Å². The molecule has 0 bridgehead atoms. The Morgan fingerprint density at radius 2 is 1.88 bits per heavy atom. The lowest BCUT2D eigenvalue weighted by Crippen LogP contribution is -2.20. The molecular formula is C18H15Cl3N2O2S. The van der Waals surface area contributed by atoms with Gasteiger partial charge in [-0.05, 0) is 43.3 Å². The van der Waals surface area contributed by atoms with Gasteiger partial charge >= 0.3 is 0 Å². The molecule has 1 aromatic heterocycles. The molecule has 0 fully saturated rings. The van der Waals surface area contributed by atoms with Crippen LogP contribution in [0.1, 0.15) is 17.3 Å². The van der Waals surface area contributed by atoms with Crippen molar-refractivity contribution in [2.75, 3.05) is 13.2 Å². The number of fused-ring (bicyclic) bond motifs is 1. The van der Waals surface area contributed by atoms with Crippen molar-refractivity contribution in [3.05, 3.63) is 61.8 Å². The molecule has 8 heteroatoms. The van der Waals surface area contributed by atoms with E-state index in [-0.39, 0.29) is 5.91 Å². The van der Waals surface area contributed by atoms with Crippen molar-refractivity contribution >= 4 is 62.3 Å². The number of carbonyl (C=O) groups is 1. The Bertz CT molecular complexity index is 1010. The maximum Gasteiger partial charge on any atom is 0.279 e. The van der Waals surface area contributed by atoms with E-state index in [4.69, 9.17) is 39.5 Å². The molecule has 2 aromatic carbocycles. The number of hydrogen-bond donors (Lipinski definition) is 0. The second kappa shape index (κ2) is 8.55. The fourth-order valence-corrected chi connectivity index (χ4v) is 4.10. The van der Waals surface area contributed by atoms with Gasteiger partial charge in [-0.2, -0.15) is 4.99 Å². The molecule has 3 aromatic rings. The van der Waals surface area contributed by atoms with E-state index in [9.17, 15) is 4.79 Å². The van der Waals surface area contributed by atoms with E-state index >= 15 is 0 Å². The molecule has 136 valence electrons. The molecule has 4 nitrogen and oxygen atoms in total. The quantitative estimate of drug-likeness (QED) is 0.507. The van der Waals surface area contributed by atoms with Gasteiger partial charge in [0.1, 0.15) is 0 Å². The zero-order valence-corrected chi connectivity index (χ0v) is 16.9. The van der Waals surface area contributed by atoms with Gasteiger partial charge < -0.3 is 9.30 Å². The van der Waals surface area contributed by atoms with Crippen molar-refractivity contribution in [3.8, 4) is 0 Å². The maximum atomic E-state index is 12.5. The van der Waals surface area contributed by atoms with E-state index in [1.807, 2.05) is 17.6 Å². The van der Waals surface area contributed by atoms with Crippen molar-refractivity contribution in [2.24, 2.45) is 4.99 Å². The van der Waals surface area contributed by atoms with Gasteiger partial charge in [0.15, 0.2) is 4.80 Å². The third kappa shape index (κ3) is 4.13. The first-order chi connectivity index (χ1) is 12.5. The molecule has 0 aliphatic heterocycles. The number of halogens is 3. The highest BCUT2D eigenvalue weighted by Gasteiger charge is 2.14. The second-order valence-corrected chi connectivity index (χ2v) is 7.60. The summed E-state index contributed by atoms with van der Waals surface area (Å²) in [5.41, 5.74) is 1.22. The third-order valence-electron chi connectivity index (χ3n) is 3.69. The Morgan fingerprint density at radius 3 is 2.58 bits per heavy atom. The first-order valence-electron chi connectivity index (χ1n) is 7.91. The van der Waals surface area contributed by atoms with Crippen LogP contribution in [0.3, 0.4) is 0 Å². The Kier molecular flexibility index (Phi) is 6.37. The molecule has 1 amide bonds. The number of aromatic nitrogens is 1. The minimum atomic E-state index is -0.347. The maximum absolute atomic E-state index is 12.5. The number of nitrogens with zero attached hydrogens (tertiary/aromatic N) is 2. The topological polar surface area (TPSA) is 43.6 Å². The van der Waals surface area contributed by atoms with Crippen molar-refractivity contribution in [1.29, 1.82) is 0 Å². The largest absolute Gasteiger partial charge is 0.380 e. The van der Waals surface area contributed by atoms with Gasteiger partial charge in [-0.1, -0.05) is 46.1 Å². The van der Waals surface area contributed by atoms with Gasteiger partial charge in [0.25, 0.3) is 5.91 Å². The highest BCUT2D eigenvalue weighted by Crippen LogP contribution is 2.32. The van der Waals surface area contributed by atoms with Crippen molar-refractivity contribution in [3.63, 3.8) is 0 Å². The number of amides is 1. The molecule has 3 rings (SSSR count). The molecule has 26 heavy (non-hydrogen) atoms. The van der Waals surface area contributed by atoms with Crippen LogP contribution < -0.4 is 4.80 Å². The molecule has 0 atom stereocenters. The molecule has 0 saturated heterocycles. The minimum absolute atomic E-state index is 0.347. The number of carbonyl (C=O) groups excluding carboxylic acids is 1. The Morgan fingerprint density at radius 1 is 1.15 bits per heavy atom. The van der Waals surface area contributed by atoms with E-state index in [0.29, 0.717) is 45.2 Å². The molecule has 0 spiro atoms. The summed E-state index contributed by atoms with van der Waals surface area (Å²) in [7, 11) is 0. The lowest BCUT2D eigenvalue weighted by Gasteiger charge is -2.07. The van der Waals surface area contributed by atoms with E-state index in [2.05, 4.69) is 4.99 Å². The highest BCUT2D eigenvalue weighted by atomic mass is 35.5. The van der Waals surface area contributed by atoms with Crippen molar-refractivity contribution < 1.29 is 9.53 Å². The Balaban J connectivity index is 2.11. The van der Waals surface area contributed by atoms with Crippen LogP contribution in [0, 0.1) is 0 Å². The summed E-state index contributed by atoms with van der Waals surface area (Å²) in [5.74, 6) is -0.347. The van der Waals surface area contributed by atoms with Crippen LogP contribution in [0.15, 0.2) is 41.4 Å². The summed E-state index contributed by atoms with van der Waals surface area (Å²) in [6, 6.07) is 10.2. The highest BCUT2D eigenvalue weighted by molar-refractivity contribution is 7.16. The summed E-state index contributed by atoms with van der Waals surface area (Å²) in [5, 5.41) is 1.46. The average molecular weight is 430 g/mol. The molecule has 0 aliphatic carbocycles. The minimum Gasteiger partial charge on any atom is -0.380 e. The Labute approximate surface area is 169 Å². The smallest absolute Gasteiger partial charge is 0.279 e.